The van der Waals surface area contributed by atoms with Gasteiger partial charge in [-0.25, -0.2) is 5.43 Å². The molecule has 6 nitrogen and oxygen atoms in total. The predicted molar refractivity (Wildman–Crippen MR) is 121 cm³/mol. The van der Waals surface area contributed by atoms with Gasteiger partial charge in [0.15, 0.2) is 5.76 Å². The van der Waals surface area contributed by atoms with Crippen molar-refractivity contribution in [1.82, 2.24) is 5.43 Å². The van der Waals surface area contributed by atoms with Gasteiger partial charge in [-0.3, -0.25) is 9.59 Å². The number of rotatable bonds is 4. The summed E-state index contributed by atoms with van der Waals surface area (Å²) in [5.41, 5.74) is 7.00. The van der Waals surface area contributed by atoms with Crippen LogP contribution in [0.4, 0.5) is 5.69 Å². The van der Waals surface area contributed by atoms with Crippen LogP contribution in [0.15, 0.2) is 58.0 Å². The monoisotopic (exact) mass is 435 g/mol. The van der Waals surface area contributed by atoms with Gasteiger partial charge in [0.25, 0.3) is 11.8 Å². The number of benzene rings is 2. The lowest BCUT2D eigenvalue weighted by Crippen LogP contribution is -2.22. The summed E-state index contributed by atoms with van der Waals surface area (Å²) in [6.45, 7) is 3.76. The van der Waals surface area contributed by atoms with E-state index in [-0.39, 0.29) is 17.6 Å². The molecule has 0 radical (unpaired) electrons. The minimum Gasteiger partial charge on any atom is -0.455 e. The van der Waals surface area contributed by atoms with Crippen LogP contribution in [0.5, 0.6) is 0 Å². The number of anilines is 1. The summed E-state index contributed by atoms with van der Waals surface area (Å²) in [5, 5.41) is 7.72. The number of nitrogens with zero attached hydrogens (tertiary/aromatic N) is 1. The van der Waals surface area contributed by atoms with Crippen molar-refractivity contribution in [2.24, 2.45) is 5.10 Å². The zero-order chi connectivity index (χ0) is 22.0. The highest BCUT2D eigenvalue weighted by Crippen LogP contribution is 2.30. The third-order valence-corrected chi connectivity index (χ3v) is 5.42. The second-order valence-electron chi connectivity index (χ2n) is 7.54. The minimum absolute atomic E-state index is 0.240. The molecule has 31 heavy (non-hydrogen) atoms. The van der Waals surface area contributed by atoms with Gasteiger partial charge in [0, 0.05) is 33.8 Å². The molecule has 1 aromatic heterocycles. The number of fused-ring (bicyclic) bond motifs is 1. The van der Waals surface area contributed by atoms with Gasteiger partial charge in [-0.1, -0.05) is 35.4 Å². The van der Waals surface area contributed by atoms with E-state index < -0.39 is 0 Å². The molecule has 0 saturated carbocycles. The molecule has 0 bridgehead atoms. The highest BCUT2D eigenvalue weighted by molar-refractivity contribution is 6.31. The first-order valence-corrected chi connectivity index (χ1v) is 10.4. The SMILES string of the molecule is Cc1cccc(C(=O)N/N=C2\CCCc3oc(C(=O)Nc4cccc(Cl)c4)c(C)c32)c1. The number of carbonyl (C=O) groups excluding carboxylic acids is 2. The number of amides is 2. The van der Waals surface area contributed by atoms with E-state index in [2.05, 4.69) is 15.8 Å². The summed E-state index contributed by atoms with van der Waals surface area (Å²) in [5.74, 6) is 0.328. The zero-order valence-electron chi connectivity index (χ0n) is 17.3. The summed E-state index contributed by atoms with van der Waals surface area (Å²) in [6.07, 6.45) is 2.23. The van der Waals surface area contributed by atoms with Crippen molar-refractivity contribution in [3.8, 4) is 0 Å². The Hall–Kier alpha value is -3.38. The molecule has 0 spiro atoms. The number of nitrogens with one attached hydrogen (secondary N) is 2. The Bertz CT molecular complexity index is 1200. The van der Waals surface area contributed by atoms with E-state index in [1.54, 1.807) is 30.3 Å². The van der Waals surface area contributed by atoms with Gasteiger partial charge in [0.05, 0.1) is 5.71 Å². The maximum Gasteiger partial charge on any atom is 0.291 e. The van der Waals surface area contributed by atoms with Gasteiger partial charge in [-0.05, 0) is 57.0 Å². The van der Waals surface area contributed by atoms with Crippen molar-refractivity contribution in [3.05, 3.63) is 87.3 Å². The Morgan fingerprint density at radius 1 is 1.03 bits per heavy atom. The first kappa shape index (κ1) is 20.9. The van der Waals surface area contributed by atoms with Crippen LogP contribution in [0.25, 0.3) is 0 Å². The number of hydrazone groups is 1. The number of hydrogen-bond donors (Lipinski definition) is 2. The van der Waals surface area contributed by atoms with E-state index in [1.807, 2.05) is 32.0 Å². The molecule has 0 fully saturated rings. The highest BCUT2D eigenvalue weighted by atomic mass is 35.5. The fourth-order valence-electron chi connectivity index (χ4n) is 3.72. The summed E-state index contributed by atoms with van der Waals surface area (Å²) < 4.78 is 5.90. The minimum atomic E-state index is -0.350. The van der Waals surface area contributed by atoms with Crippen molar-refractivity contribution in [2.75, 3.05) is 5.32 Å². The highest BCUT2D eigenvalue weighted by Gasteiger charge is 2.28. The lowest BCUT2D eigenvalue weighted by Gasteiger charge is -2.13. The third-order valence-electron chi connectivity index (χ3n) is 5.19. The van der Waals surface area contributed by atoms with Crippen molar-refractivity contribution < 1.29 is 14.0 Å². The molecule has 0 unspecified atom stereocenters. The lowest BCUT2D eigenvalue weighted by molar-refractivity contribution is 0.0953. The zero-order valence-corrected chi connectivity index (χ0v) is 18.0. The summed E-state index contributed by atoms with van der Waals surface area (Å²) in [6, 6.07) is 14.3. The molecular weight excluding hydrogens is 414 g/mol. The van der Waals surface area contributed by atoms with E-state index >= 15 is 0 Å². The van der Waals surface area contributed by atoms with Gasteiger partial charge in [-0.2, -0.15) is 5.10 Å². The second-order valence-corrected chi connectivity index (χ2v) is 7.98. The molecule has 2 aromatic carbocycles. The van der Waals surface area contributed by atoms with E-state index in [9.17, 15) is 9.59 Å². The molecule has 4 rings (SSSR count). The molecule has 1 aliphatic carbocycles. The molecule has 0 aliphatic heterocycles. The van der Waals surface area contributed by atoms with Gasteiger partial charge >= 0.3 is 0 Å². The smallest absolute Gasteiger partial charge is 0.291 e. The van der Waals surface area contributed by atoms with Gasteiger partial charge < -0.3 is 9.73 Å². The standard InChI is InChI=1S/C24H22ClN3O3/c1-14-6-3-7-16(12-14)23(29)28-27-19-10-5-11-20-21(19)15(2)22(31-20)24(30)26-18-9-4-8-17(25)13-18/h3-4,6-9,12-13H,5,10-11H2,1-2H3,(H,26,30)(H,28,29)/b27-19+. The number of furan rings is 1. The van der Waals surface area contributed by atoms with E-state index in [0.717, 1.165) is 17.5 Å². The normalized spacial score (nSPS) is 14.2. The maximum atomic E-state index is 12.8. The van der Waals surface area contributed by atoms with Crippen LogP contribution in [-0.2, 0) is 6.42 Å². The van der Waals surface area contributed by atoms with Crippen molar-refractivity contribution >= 4 is 34.8 Å². The quantitative estimate of drug-likeness (QED) is 0.547. The molecule has 2 N–H and O–H groups in total. The largest absolute Gasteiger partial charge is 0.455 e. The van der Waals surface area contributed by atoms with Crippen molar-refractivity contribution in [1.29, 1.82) is 0 Å². The number of aryl methyl sites for hydroxylation is 2. The van der Waals surface area contributed by atoms with Crippen LogP contribution in [-0.4, -0.2) is 17.5 Å². The number of hydrogen-bond acceptors (Lipinski definition) is 4. The summed E-state index contributed by atoms with van der Waals surface area (Å²) in [4.78, 5) is 25.3. The Kier molecular flexibility index (Phi) is 5.91. The molecule has 0 atom stereocenters. The third kappa shape index (κ3) is 4.54. The van der Waals surface area contributed by atoms with Gasteiger partial charge in [-0.15, -0.1) is 0 Å². The Labute approximate surface area is 185 Å². The summed E-state index contributed by atoms with van der Waals surface area (Å²) >= 11 is 6.00. The Morgan fingerprint density at radius 2 is 1.84 bits per heavy atom. The molecule has 7 heteroatoms. The number of carbonyl (C=O) groups is 2. The van der Waals surface area contributed by atoms with Crippen LogP contribution in [0.2, 0.25) is 5.02 Å². The molecular formula is C24H22ClN3O3. The van der Waals surface area contributed by atoms with Gasteiger partial charge in [0.1, 0.15) is 5.76 Å². The van der Waals surface area contributed by atoms with Crippen LogP contribution >= 0.6 is 11.6 Å². The second kappa shape index (κ2) is 8.78. The van der Waals surface area contributed by atoms with Crippen molar-refractivity contribution in [2.45, 2.75) is 33.1 Å². The molecule has 3 aromatic rings. The predicted octanol–water partition coefficient (Wildman–Crippen LogP) is 5.27. The van der Waals surface area contributed by atoms with E-state index in [4.69, 9.17) is 16.0 Å². The Morgan fingerprint density at radius 3 is 2.61 bits per heavy atom. The van der Waals surface area contributed by atoms with Crippen LogP contribution in [0, 0.1) is 13.8 Å². The molecule has 1 heterocycles. The van der Waals surface area contributed by atoms with Crippen LogP contribution in [0.3, 0.4) is 0 Å². The van der Waals surface area contributed by atoms with Crippen LogP contribution < -0.4 is 10.7 Å². The topological polar surface area (TPSA) is 83.7 Å². The fourth-order valence-corrected chi connectivity index (χ4v) is 3.91. The van der Waals surface area contributed by atoms with E-state index in [0.29, 0.717) is 46.2 Å². The Balaban J connectivity index is 1.57. The first-order chi connectivity index (χ1) is 14.9. The van der Waals surface area contributed by atoms with Gasteiger partial charge in [0.2, 0.25) is 0 Å². The molecule has 1 aliphatic rings. The average molecular weight is 436 g/mol. The average Bonchev–Trinajstić information content (AvgIpc) is 3.09. The fraction of sp³-hybridized carbons (Fsp3) is 0.208. The number of halogens is 1. The molecule has 2 amide bonds. The summed E-state index contributed by atoms with van der Waals surface area (Å²) in [7, 11) is 0. The maximum absolute atomic E-state index is 12.8. The van der Waals surface area contributed by atoms with Crippen molar-refractivity contribution in [3.63, 3.8) is 0 Å². The molecule has 158 valence electrons. The van der Waals surface area contributed by atoms with E-state index in [1.165, 1.54) is 0 Å². The first-order valence-electron chi connectivity index (χ1n) is 10.1. The van der Waals surface area contributed by atoms with Crippen LogP contribution in [0.1, 0.15) is 56.2 Å². The molecule has 0 saturated heterocycles. The lowest BCUT2D eigenvalue weighted by atomic mass is 9.93.